The van der Waals surface area contributed by atoms with E-state index in [9.17, 15) is 0 Å². The van der Waals surface area contributed by atoms with Crippen molar-refractivity contribution >= 4 is 23.2 Å². The van der Waals surface area contributed by atoms with Crippen molar-refractivity contribution in [3.63, 3.8) is 0 Å². The molecular formula is C11H12Cl2O. The minimum absolute atomic E-state index is 0.359. The Morgan fingerprint density at radius 2 is 1.36 bits per heavy atom. The van der Waals surface area contributed by atoms with Crippen molar-refractivity contribution in [1.82, 2.24) is 0 Å². The zero-order chi connectivity index (χ0) is 9.29. The van der Waals surface area contributed by atoms with Crippen molar-refractivity contribution in [3.8, 4) is 0 Å². The molecule has 1 heterocycles. The molecule has 8 atom stereocenters. The first-order valence-corrected chi connectivity index (χ1v) is 6.46. The average Bonchev–Trinajstić information content (AvgIpc) is 2.69. The summed E-state index contributed by atoms with van der Waals surface area (Å²) < 4.78 is 6.04. The van der Waals surface area contributed by atoms with Gasteiger partial charge in [-0.3, -0.25) is 0 Å². The van der Waals surface area contributed by atoms with E-state index in [1.54, 1.807) is 0 Å². The van der Waals surface area contributed by atoms with Crippen LogP contribution in [-0.2, 0) is 4.74 Å². The molecule has 1 saturated heterocycles. The molecule has 0 aromatic rings. The lowest BCUT2D eigenvalue weighted by molar-refractivity contribution is -0.0159. The van der Waals surface area contributed by atoms with E-state index in [0.717, 1.165) is 36.5 Å². The van der Waals surface area contributed by atoms with Gasteiger partial charge < -0.3 is 4.74 Å². The Morgan fingerprint density at radius 1 is 0.857 bits per heavy atom. The normalized spacial score (nSPS) is 81.0. The van der Waals surface area contributed by atoms with E-state index in [0.29, 0.717) is 11.8 Å². The monoisotopic (exact) mass is 230 g/mol. The minimum atomic E-state index is -0.359. The Balaban J connectivity index is 1.86. The second kappa shape index (κ2) is 1.78. The van der Waals surface area contributed by atoms with Crippen LogP contribution in [0.4, 0.5) is 0 Å². The number of alkyl halides is 2. The number of rotatable bonds is 0. The summed E-state index contributed by atoms with van der Waals surface area (Å²) >= 11 is 13.2. The Hall–Kier alpha value is 0.540. The van der Waals surface area contributed by atoms with E-state index in [-0.39, 0.29) is 10.1 Å². The van der Waals surface area contributed by atoms with Crippen molar-refractivity contribution < 1.29 is 4.74 Å². The van der Waals surface area contributed by atoms with Crippen LogP contribution in [-0.4, -0.2) is 10.1 Å². The topological polar surface area (TPSA) is 9.23 Å². The van der Waals surface area contributed by atoms with Gasteiger partial charge in [0.25, 0.3) is 0 Å². The van der Waals surface area contributed by atoms with E-state index < -0.39 is 0 Å². The molecule has 0 unspecified atom stereocenters. The molecule has 5 fully saturated rings. The molecule has 0 spiro atoms. The van der Waals surface area contributed by atoms with Crippen molar-refractivity contribution in [3.05, 3.63) is 0 Å². The summed E-state index contributed by atoms with van der Waals surface area (Å²) in [6.07, 6.45) is 3.56. The predicted molar refractivity (Wildman–Crippen MR) is 53.0 cm³/mol. The number of halogens is 2. The van der Waals surface area contributed by atoms with Crippen LogP contribution in [0, 0.1) is 35.5 Å². The molecule has 0 amide bonds. The lowest BCUT2D eigenvalue weighted by Gasteiger charge is -2.24. The molecule has 5 aliphatic rings. The van der Waals surface area contributed by atoms with Crippen LogP contribution in [0.25, 0.3) is 0 Å². The van der Waals surface area contributed by atoms with Crippen molar-refractivity contribution in [2.45, 2.75) is 29.4 Å². The third-order valence-corrected chi connectivity index (χ3v) is 6.83. The Morgan fingerprint density at radius 3 is 1.86 bits per heavy atom. The summed E-state index contributed by atoms with van der Waals surface area (Å²) in [7, 11) is 0. The van der Waals surface area contributed by atoms with Crippen LogP contribution < -0.4 is 0 Å². The molecule has 76 valence electrons. The lowest BCUT2D eigenvalue weighted by Crippen LogP contribution is -2.27. The van der Waals surface area contributed by atoms with Crippen LogP contribution in [0.3, 0.4) is 0 Å². The standard InChI is InChI=1S/C11H12Cl2O/c12-10-2-6-4-1-5-7(6)3-11(13,14-10)9(5)8(4)10/h4-9H,1-3H2/t4-,5-,6-,7+,8-,9-,10-,11+/m0/s1. The molecule has 0 N–H and O–H groups in total. The Bertz CT molecular complexity index is 323. The molecular weight excluding hydrogens is 219 g/mol. The summed E-state index contributed by atoms with van der Waals surface area (Å²) in [5, 5.41) is -0.719. The van der Waals surface area contributed by atoms with Gasteiger partial charge in [-0.2, -0.15) is 0 Å². The summed E-state index contributed by atoms with van der Waals surface area (Å²) in [6, 6.07) is 0. The second-order valence-corrected chi connectivity index (χ2v) is 7.30. The zero-order valence-electron chi connectivity index (χ0n) is 7.75. The summed E-state index contributed by atoms with van der Waals surface area (Å²) in [6.45, 7) is 0. The first-order chi connectivity index (χ1) is 6.62. The summed E-state index contributed by atoms with van der Waals surface area (Å²) in [4.78, 5) is 0. The number of hydrogen-bond donors (Lipinski definition) is 0. The molecule has 5 rings (SSSR count). The first kappa shape index (κ1) is 7.76. The van der Waals surface area contributed by atoms with Crippen LogP contribution in [0.5, 0.6) is 0 Å². The molecule has 4 aliphatic carbocycles. The predicted octanol–water partition coefficient (Wildman–Crippen LogP) is 2.81. The van der Waals surface area contributed by atoms with Crippen molar-refractivity contribution in [1.29, 1.82) is 0 Å². The molecule has 0 aromatic carbocycles. The van der Waals surface area contributed by atoms with Crippen LogP contribution in [0.1, 0.15) is 19.3 Å². The van der Waals surface area contributed by atoms with Gasteiger partial charge in [-0.25, -0.2) is 0 Å². The van der Waals surface area contributed by atoms with Gasteiger partial charge in [-0.1, -0.05) is 23.2 Å². The number of ether oxygens (including phenoxy) is 1. The highest BCUT2D eigenvalue weighted by molar-refractivity contribution is 6.27. The van der Waals surface area contributed by atoms with E-state index in [1.165, 1.54) is 6.42 Å². The fourth-order valence-electron chi connectivity index (χ4n) is 5.85. The van der Waals surface area contributed by atoms with Gasteiger partial charge in [0.2, 0.25) is 0 Å². The second-order valence-electron chi connectivity index (χ2n) is 6.03. The molecule has 0 aromatic heterocycles. The van der Waals surface area contributed by atoms with E-state index in [1.807, 2.05) is 0 Å². The molecule has 2 bridgehead atoms. The number of hydrogen-bond acceptors (Lipinski definition) is 1. The van der Waals surface area contributed by atoms with Gasteiger partial charge >= 0.3 is 0 Å². The van der Waals surface area contributed by atoms with E-state index in [4.69, 9.17) is 27.9 Å². The van der Waals surface area contributed by atoms with E-state index in [2.05, 4.69) is 0 Å². The molecule has 4 saturated carbocycles. The first-order valence-electron chi connectivity index (χ1n) is 5.70. The highest BCUT2D eigenvalue weighted by Gasteiger charge is 2.82. The Labute approximate surface area is 93.1 Å². The molecule has 1 aliphatic heterocycles. The minimum Gasteiger partial charge on any atom is -0.337 e. The average molecular weight is 231 g/mol. The molecule has 14 heavy (non-hydrogen) atoms. The van der Waals surface area contributed by atoms with Crippen LogP contribution in [0.2, 0.25) is 0 Å². The third-order valence-electron chi connectivity index (χ3n) is 5.87. The SMILES string of the molecule is Cl[C@]12C[C@H]3[C@H]4C[C@](Cl)(O1)[C@H]1[C@H]4C[C@@H]3[C@@H]12. The summed E-state index contributed by atoms with van der Waals surface area (Å²) in [5.74, 6) is 4.60. The van der Waals surface area contributed by atoms with Crippen molar-refractivity contribution in [2.24, 2.45) is 35.5 Å². The maximum Gasteiger partial charge on any atom is 0.147 e. The van der Waals surface area contributed by atoms with Gasteiger partial charge in [-0.05, 0) is 42.9 Å². The van der Waals surface area contributed by atoms with Gasteiger partial charge in [0, 0.05) is 11.8 Å². The quantitative estimate of drug-likeness (QED) is 0.582. The summed E-state index contributed by atoms with van der Waals surface area (Å²) in [5.41, 5.74) is 0. The largest absolute Gasteiger partial charge is 0.337 e. The lowest BCUT2D eigenvalue weighted by atomic mass is 9.80. The smallest absolute Gasteiger partial charge is 0.147 e. The van der Waals surface area contributed by atoms with Crippen LogP contribution >= 0.6 is 23.2 Å². The fourth-order valence-corrected chi connectivity index (χ4v) is 7.12. The maximum absolute atomic E-state index is 6.62. The van der Waals surface area contributed by atoms with Gasteiger partial charge in [0.05, 0.1) is 0 Å². The third kappa shape index (κ3) is 0.522. The fraction of sp³-hybridized carbons (Fsp3) is 1.00. The van der Waals surface area contributed by atoms with E-state index >= 15 is 0 Å². The van der Waals surface area contributed by atoms with Gasteiger partial charge in [0.1, 0.15) is 10.1 Å². The van der Waals surface area contributed by atoms with Crippen molar-refractivity contribution in [2.75, 3.05) is 0 Å². The van der Waals surface area contributed by atoms with Gasteiger partial charge in [-0.15, -0.1) is 0 Å². The molecule has 0 radical (unpaired) electrons. The highest BCUT2D eigenvalue weighted by Crippen LogP contribution is 2.82. The maximum atomic E-state index is 6.62. The Kier molecular flexibility index (Phi) is 0.989. The molecule has 3 heteroatoms. The molecule has 1 nitrogen and oxygen atoms in total. The van der Waals surface area contributed by atoms with Gasteiger partial charge in [0.15, 0.2) is 0 Å². The highest BCUT2D eigenvalue weighted by atomic mass is 35.5. The zero-order valence-corrected chi connectivity index (χ0v) is 9.26. The number of fused-ring (bicyclic) bond motifs is 1. The van der Waals surface area contributed by atoms with Crippen LogP contribution in [0.15, 0.2) is 0 Å².